The number of hydrogen-bond acceptors (Lipinski definition) is 1. The molecule has 1 aliphatic heterocycles. The number of fused-ring (bicyclic) bond motifs is 3. The van der Waals surface area contributed by atoms with Crippen LogP contribution in [0.2, 0.25) is 0 Å². The molecule has 2 heteroatoms. The average molecular weight is 298 g/mol. The first-order valence-electron chi connectivity index (χ1n) is 7.57. The van der Waals surface area contributed by atoms with E-state index >= 15 is 0 Å². The predicted molar refractivity (Wildman–Crippen MR) is 93.3 cm³/mol. The van der Waals surface area contributed by atoms with Crippen molar-refractivity contribution < 1.29 is 0 Å². The Kier molecular flexibility index (Phi) is 4.14. The Balaban J connectivity index is 0.00000132. The second-order valence-corrected chi connectivity index (χ2v) is 5.74. The lowest BCUT2D eigenvalue weighted by Crippen LogP contribution is -2.26. The monoisotopic (exact) mass is 297 g/mol. The van der Waals surface area contributed by atoms with E-state index in [2.05, 4.69) is 59.9 Å². The Morgan fingerprint density at radius 2 is 1.52 bits per heavy atom. The Bertz CT molecular complexity index is 760. The fourth-order valence-electron chi connectivity index (χ4n) is 3.49. The van der Waals surface area contributed by atoms with Gasteiger partial charge in [0.1, 0.15) is 0 Å². The highest BCUT2D eigenvalue weighted by molar-refractivity contribution is 6.09. The summed E-state index contributed by atoms with van der Waals surface area (Å²) in [5, 5.41) is 9.20. The van der Waals surface area contributed by atoms with Crippen LogP contribution in [0.5, 0.6) is 0 Å². The third-order valence-electron chi connectivity index (χ3n) is 4.49. The Hall–Kier alpha value is -1.57. The maximum absolute atomic E-state index is 3.69. The van der Waals surface area contributed by atoms with Crippen molar-refractivity contribution in [2.75, 3.05) is 6.54 Å². The van der Waals surface area contributed by atoms with Crippen LogP contribution in [0, 0.1) is 0 Å². The van der Waals surface area contributed by atoms with Crippen molar-refractivity contribution in [2.45, 2.75) is 25.3 Å². The molecule has 1 aliphatic rings. The van der Waals surface area contributed by atoms with E-state index in [4.69, 9.17) is 0 Å². The summed E-state index contributed by atoms with van der Waals surface area (Å²) in [6.45, 7) is 1.14. The van der Waals surface area contributed by atoms with Crippen LogP contribution in [0.15, 0.2) is 54.6 Å². The zero-order chi connectivity index (χ0) is 13.4. The van der Waals surface area contributed by atoms with Gasteiger partial charge in [-0.2, -0.15) is 0 Å². The van der Waals surface area contributed by atoms with Gasteiger partial charge in [-0.1, -0.05) is 55.0 Å². The van der Waals surface area contributed by atoms with Gasteiger partial charge in [-0.05, 0) is 52.6 Å². The lowest BCUT2D eigenvalue weighted by molar-refractivity contribution is 0.414. The molecule has 0 radical (unpaired) electrons. The van der Waals surface area contributed by atoms with Crippen LogP contribution in [-0.2, 0) is 0 Å². The molecular weight excluding hydrogens is 278 g/mol. The molecule has 21 heavy (non-hydrogen) atoms. The van der Waals surface area contributed by atoms with Gasteiger partial charge in [-0.15, -0.1) is 12.4 Å². The van der Waals surface area contributed by atoms with Crippen molar-refractivity contribution in [3.05, 3.63) is 60.2 Å². The van der Waals surface area contributed by atoms with Crippen molar-refractivity contribution >= 4 is 34.0 Å². The summed E-state index contributed by atoms with van der Waals surface area (Å²) in [4.78, 5) is 0. The van der Waals surface area contributed by atoms with Gasteiger partial charge < -0.3 is 5.32 Å². The highest BCUT2D eigenvalue weighted by atomic mass is 35.5. The molecule has 108 valence electrons. The van der Waals surface area contributed by atoms with E-state index in [1.807, 2.05) is 0 Å². The average Bonchev–Trinajstić information content (AvgIpc) is 2.55. The van der Waals surface area contributed by atoms with E-state index in [0.717, 1.165) is 6.54 Å². The molecular formula is C19H20ClN. The summed E-state index contributed by atoms with van der Waals surface area (Å²) < 4.78 is 0. The van der Waals surface area contributed by atoms with Gasteiger partial charge in [0.05, 0.1) is 0 Å². The number of hydrogen-bond donors (Lipinski definition) is 1. The fourth-order valence-corrected chi connectivity index (χ4v) is 3.49. The molecule has 0 bridgehead atoms. The Labute approximate surface area is 131 Å². The summed E-state index contributed by atoms with van der Waals surface area (Å²) in [5.74, 6) is 0. The molecule has 0 amide bonds. The van der Waals surface area contributed by atoms with Crippen molar-refractivity contribution in [1.82, 2.24) is 5.32 Å². The maximum Gasteiger partial charge on any atom is 0.0326 e. The normalized spacial score (nSPS) is 18.6. The highest BCUT2D eigenvalue weighted by Gasteiger charge is 2.17. The van der Waals surface area contributed by atoms with Gasteiger partial charge in [-0.3, -0.25) is 0 Å². The first-order valence-corrected chi connectivity index (χ1v) is 7.57. The second-order valence-electron chi connectivity index (χ2n) is 5.74. The minimum absolute atomic E-state index is 0. The minimum Gasteiger partial charge on any atom is -0.310 e. The van der Waals surface area contributed by atoms with Gasteiger partial charge in [0.25, 0.3) is 0 Å². The van der Waals surface area contributed by atoms with Crippen LogP contribution in [-0.4, -0.2) is 6.54 Å². The first-order chi connectivity index (χ1) is 9.93. The molecule has 3 aromatic carbocycles. The van der Waals surface area contributed by atoms with Gasteiger partial charge >= 0.3 is 0 Å². The highest BCUT2D eigenvalue weighted by Crippen LogP contribution is 2.34. The van der Waals surface area contributed by atoms with Crippen molar-refractivity contribution in [2.24, 2.45) is 0 Å². The van der Waals surface area contributed by atoms with E-state index in [0.29, 0.717) is 6.04 Å². The largest absolute Gasteiger partial charge is 0.310 e. The molecule has 0 aromatic heterocycles. The maximum atomic E-state index is 3.69. The molecule has 1 atom stereocenters. The molecule has 0 unspecified atom stereocenters. The number of rotatable bonds is 1. The molecule has 0 spiro atoms. The van der Waals surface area contributed by atoms with Crippen molar-refractivity contribution in [3.8, 4) is 0 Å². The summed E-state index contributed by atoms with van der Waals surface area (Å²) >= 11 is 0. The van der Waals surface area contributed by atoms with Crippen LogP contribution in [0.3, 0.4) is 0 Å². The fraction of sp³-hybridized carbons (Fsp3) is 0.263. The Morgan fingerprint density at radius 1 is 0.810 bits per heavy atom. The third-order valence-corrected chi connectivity index (χ3v) is 4.49. The van der Waals surface area contributed by atoms with Crippen LogP contribution in [0.4, 0.5) is 0 Å². The first kappa shape index (κ1) is 14.4. The van der Waals surface area contributed by atoms with E-state index in [1.165, 1.54) is 46.4 Å². The molecule has 1 nitrogen and oxygen atoms in total. The number of halogens is 1. The van der Waals surface area contributed by atoms with Crippen LogP contribution < -0.4 is 5.32 Å². The Morgan fingerprint density at radius 3 is 2.29 bits per heavy atom. The SMILES string of the molecule is Cl.c1ccc2c(c1)cc([C@@H]1CCCCN1)c1ccccc12. The van der Waals surface area contributed by atoms with Crippen molar-refractivity contribution in [3.63, 3.8) is 0 Å². The zero-order valence-electron chi connectivity index (χ0n) is 12.0. The number of benzene rings is 3. The number of piperidine rings is 1. The quantitative estimate of drug-likeness (QED) is 0.607. The molecule has 0 saturated carbocycles. The molecule has 3 aromatic rings. The minimum atomic E-state index is 0. The van der Waals surface area contributed by atoms with E-state index in [9.17, 15) is 0 Å². The van der Waals surface area contributed by atoms with Crippen LogP contribution in [0.1, 0.15) is 30.9 Å². The molecule has 4 rings (SSSR count). The van der Waals surface area contributed by atoms with Gasteiger partial charge in [0, 0.05) is 6.04 Å². The summed E-state index contributed by atoms with van der Waals surface area (Å²) in [5.41, 5.74) is 1.47. The third kappa shape index (κ3) is 2.52. The molecule has 1 saturated heterocycles. The lowest BCUT2D eigenvalue weighted by atomic mass is 9.90. The topological polar surface area (TPSA) is 12.0 Å². The smallest absolute Gasteiger partial charge is 0.0326 e. The predicted octanol–water partition coefficient (Wildman–Crippen LogP) is 5.23. The number of nitrogens with one attached hydrogen (secondary N) is 1. The molecule has 0 aliphatic carbocycles. The summed E-state index contributed by atoms with van der Waals surface area (Å²) in [6.07, 6.45) is 3.89. The molecule has 1 N–H and O–H groups in total. The van der Waals surface area contributed by atoms with Crippen LogP contribution >= 0.6 is 12.4 Å². The van der Waals surface area contributed by atoms with E-state index in [-0.39, 0.29) is 12.4 Å². The zero-order valence-corrected chi connectivity index (χ0v) is 12.8. The van der Waals surface area contributed by atoms with E-state index in [1.54, 1.807) is 0 Å². The van der Waals surface area contributed by atoms with Crippen molar-refractivity contribution in [1.29, 1.82) is 0 Å². The second kappa shape index (κ2) is 6.05. The summed E-state index contributed by atoms with van der Waals surface area (Å²) in [7, 11) is 0. The van der Waals surface area contributed by atoms with Gasteiger partial charge in [0.15, 0.2) is 0 Å². The lowest BCUT2D eigenvalue weighted by Gasteiger charge is -2.25. The summed E-state index contributed by atoms with van der Waals surface area (Å²) in [6, 6.07) is 20.5. The van der Waals surface area contributed by atoms with Gasteiger partial charge in [0.2, 0.25) is 0 Å². The molecule has 1 fully saturated rings. The van der Waals surface area contributed by atoms with Gasteiger partial charge in [-0.25, -0.2) is 0 Å². The standard InChI is InChI=1S/C19H19N.ClH/c1-2-8-15-14(7-1)13-18(19-11-5-6-12-20-19)17-10-4-3-9-16(15)17;/h1-4,7-10,13,19-20H,5-6,11-12H2;1H/t19-;/m0./s1. The molecule has 1 heterocycles. The van der Waals surface area contributed by atoms with E-state index < -0.39 is 0 Å². The van der Waals surface area contributed by atoms with Crippen LogP contribution in [0.25, 0.3) is 21.5 Å².